The number of aliphatic hydroxyl groups is 1. The summed E-state index contributed by atoms with van der Waals surface area (Å²) in [7, 11) is 0. The molecule has 0 aliphatic carbocycles. The smallest absolute Gasteiger partial charge is 0.129 e. The van der Waals surface area contributed by atoms with Gasteiger partial charge in [0.1, 0.15) is 6.23 Å². The van der Waals surface area contributed by atoms with Crippen LogP contribution in [0.2, 0.25) is 0 Å². The minimum Gasteiger partial charge on any atom is -0.376 e. The summed E-state index contributed by atoms with van der Waals surface area (Å²) in [5, 5.41) is 19.2. The van der Waals surface area contributed by atoms with Gasteiger partial charge in [0.05, 0.1) is 0 Å². The molecule has 0 aliphatic rings. The summed E-state index contributed by atoms with van der Waals surface area (Å²) >= 11 is 0. The van der Waals surface area contributed by atoms with Gasteiger partial charge in [0, 0.05) is 6.54 Å². The summed E-state index contributed by atoms with van der Waals surface area (Å²) in [6.07, 6.45) is 3.23. The van der Waals surface area contributed by atoms with Crippen molar-refractivity contribution in [1.82, 2.24) is 5.06 Å². The summed E-state index contributed by atoms with van der Waals surface area (Å²) in [5.41, 5.74) is 0. The molecular weight excluding hydrogens is 142 g/mol. The predicted molar refractivity (Wildman–Crippen MR) is 44.3 cm³/mol. The lowest BCUT2D eigenvalue weighted by Crippen LogP contribution is -2.31. The zero-order valence-electron chi connectivity index (χ0n) is 7.45. The van der Waals surface area contributed by atoms with Crippen LogP contribution in [0.5, 0.6) is 0 Å². The van der Waals surface area contributed by atoms with Gasteiger partial charge >= 0.3 is 0 Å². The molecule has 1 unspecified atom stereocenters. The van der Waals surface area contributed by atoms with Gasteiger partial charge in [0.15, 0.2) is 0 Å². The topological polar surface area (TPSA) is 43.7 Å². The molecule has 0 heterocycles. The normalized spacial score (nSPS) is 13.9. The molecule has 0 aromatic carbocycles. The number of hydrogen-bond acceptors (Lipinski definition) is 3. The van der Waals surface area contributed by atoms with Gasteiger partial charge in [-0.25, -0.2) is 0 Å². The van der Waals surface area contributed by atoms with Crippen LogP contribution in [0.4, 0.5) is 0 Å². The largest absolute Gasteiger partial charge is 0.376 e. The van der Waals surface area contributed by atoms with Crippen LogP contribution in [0.1, 0.15) is 39.5 Å². The third-order valence-corrected chi connectivity index (χ3v) is 1.73. The Kier molecular flexibility index (Phi) is 6.51. The average molecular weight is 161 g/mol. The Morgan fingerprint density at radius 1 is 1.27 bits per heavy atom. The minimum absolute atomic E-state index is 0.479. The molecule has 0 spiro atoms. The SMILES string of the molecule is CCCCCC(O)N(O)CC. The second kappa shape index (κ2) is 6.58. The highest BCUT2D eigenvalue weighted by atomic mass is 16.5. The molecule has 0 bridgehead atoms. The Morgan fingerprint density at radius 3 is 2.36 bits per heavy atom. The first-order valence-electron chi connectivity index (χ1n) is 4.36. The average Bonchev–Trinajstić information content (AvgIpc) is 2.03. The van der Waals surface area contributed by atoms with E-state index in [4.69, 9.17) is 5.21 Å². The number of aliphatic hydroxyl groups excluding tert-OH is 1. The van der Waals surface area contributed by atoms with E-state index in [-0.39, 0.29) is 0 Å². The van der Waals surface area contributed by atoms with E-state index in [0.29, 0.717) is 13.0 Å². The molecular formula is C8H19NO2. The van der Waals surface area contributed by atoms with E-state index in [1.165, 1.54) is 0 Å². The van der Waals surface area contributed by atoms with Gasteiger partial charge in [0.2, 0.25) is 0 Å². The second-order valence-corrected chi connectivity index (χ2v) is 2.73. The summed E-state index contributed by atoms with van der Waals surface area (Å²) in [6.45, 7) is 4.40. The van der Waals surface area contributed by atoms with Crippen LogP contribution in [-0.4, -0.2) is 28.1 Å². The number of hydrogen-bond donors (Lipinski definition) is 2. The molecule has 0 aliphatic heterocycles. The Balaban J connectivity index is 3.28. The van der Waals surface area contributed by atoms with Crippen molar-refractivity contribution in [3.63, 3.8) is 0 Å². The Labute approximate surface area is 68.6 Å². The number of hydroxylamine groups is 2. The molecule has 0 saturated carbocycles. The number of unbranched alkanes of at least 4 members (excludes halogenated alkanes) is 2. The maximum absolute atomic E-state index is 9.22. The van der Waals surface area contributed by atoms with Crippen LogP contribution in [0.25, 0.3) is 0 Å². The van der Waals surface area contributed by atoms with E-state index < -0.39 is 6.23 Å². The Morgan fingerprint density at radius 2 is 1.91 bits per heavy atom. The molecule has 0 rings (SSSR count). The van der Waals surface area contributed by atoms with Crippen molar-refractivity contribution in [2.75, 3.05) is 6.54 Å². The third-order valence-electron chi connectivity index (χ3n) is 1.73. The van der Waals surface area contributed by atoms with Gasteiger partial charge in [-0.1, -0.05) is 19.8 Å². The molecule has 11 heavy (non-hydrogen) atoms. The van der Waals surface area contributed by atoms with Gasteiger partial charge in [-0.2, -0.15) is 5.06 Å². The van der Waals surface area contributed by atoms with Crippen LogP contribution < -0.4 is 0 Å². The van der Waals surface area contributed by atoms with Crippen molar-refractivity contribution >= 4 is 0 Å². The molecule has 2 N–H and O–H groups in total. The molecule has 68 valence electrons. The lowest BCUT2D eigenvalue weighted by Gasteiger charge is -2.18. The monoisotopic (exact) mass is 161 g/mol. The highest BCUT2D eigenvalue weighted by Crippen LogP contribution is 2.05. The van der Waals surface area contributed by atoms with Crippen molar-refractivity contribution in [3.8, 4) is 0 Å². The number of nitrogens with zero attached hydrogens (tertiary/aromatic N) is 1. The molecule has 0 amide bonds. The zero-order chi connectivity index (χ0) is 8.69. The summed E-state index contributed by atoms with van der Waals surface area (Å²) in [4.78, 5) is 0. The van der Waals surface area contributed by atoms with Crippen LogP contribution >= 0.6 is 0 Å². The van der Waals surface area contributed by atoms with E-state index in [2.05, 4.69) is 6.92 Å². The molecule has 0 radical (unpaired) electrons. The minimum atomic E-state index is -0.674. The summed E-state index contributed by atoms with van der Waals surface area (Å²) < 4.78 is 0. The van der Waals surface area contributed by atoms with Crippen molar-refractivity contribution in [3.05, 3.63) is 0 Å². The summed E-state index contributed by atoms with van der Waals surface area (Å²) in [5.74, 6) is 0. The third kappa shape index (κ3) is 5.18. The molecule has 0 aromatic heterocycles. The first-order chi connectivity index (χ1) is 5.22. The van der Waals surface area contributed by atoms with Crippen molar-refractivity contribution in [2.24, 2.45) is 0 Å². The van der Waals surface area contributed by atoms with E-state index in [1.54, 1.807) is 0 Å². The highest BCUT2D eigenvalue weighted by molar-refractivity contribution is 4.50. The molecule has 3 heteroatoms. The first-order valence-corrected chi connectivity index (χ1v) is 4.36. The molecule has 1 atom stereocenters. The fraction of sp³-hybridized carbons (Fsp3) is 1.00. The lowest BCUT2D eigenvalue weighted by molar-refractivity contribution is -0.195. The van der Waals surface area contributed by atoms with Gasteiger partial charge in [-0.05, 0) is 19.8 Å². The van der Waals surface area contributed by atoms with E-state index in [1.807, 2.05) is 6.92 Å². The molecule has 0 saturated heterocycles. The predicted octanol–water partition coefficient (Wildman–Crippen LogP) is 1.60. The van der Waals surface area contributed by atoms with E-state index in [9.17, 15) is 5.11 Å². The van der Waals surface area contributed by atoms with E-state index in [0.717, 1.165) is 24.3 Å². The van der Waals surface area contributed by atoms with Crippen molar-refractivity contribution in [1.29, 1.82) is 0 Å². The molecule has 0 fully saturated rings. The van der Waals surface area contributed by atoms with Crippen molar-refractivity contribution < 1.29 is 10.3 Å². The lowest BCUT2D eigenvalue weighted by atomic mass is 10.2. The fourth-order valence-electron chi connectivity index (χ4n) is 0.937. The molecule has 0 aromatic rings. The Bertz CT molecular complexity index is 88.2. The van der Waals surface area contributed by atoms with Gasteiger partial charge in [-0.3, -0.25) is 0 Å². The highest BCUT2D eigenvalue weighted by Gasteiger charge is 2.09. The second-order valence-electron chi connectivity index (χ2n) is 2.73. The van der Waals surface area contributed by atoms with Crippen LogP contribution in [0, 0.1) is 0 Å². The van der Waals surface area contributed by atoms with Crippen molar-refractivity contribution in [2.45, 2.75) is 45.8 Å². The quantitative estimate of drug-likeness (QED) is 0.353. The van der Waals surface area contributed by atoms with E-state index >= 15 is 0 Å². The maximum Gasteiger partial charge on any atom is 0.129 e. The molecule has 3 nitrogen and oxygen atoms in total. The number of rotatable bonds is 6. The van der Waals surface area contributed by atoms with Gasteiger partial charge < -0.3 is 10.3 Å². The van der Waals surface area contributed by atoms with Crippen LogP contribution in [0.3, 0.4) is 0 Å². The van der Waals surface area contributed by atoms with Gasteiger partial charge in [-0.15, -0.1) is 0 Å². The fourth-order valence-corrected chi connectivity index (χ4v) is 0.937. The summed E-state index contributed by atoms with van der Waals surface area (Å²) in [6, 6.07) is 0. The zero-order valence-corrected chi connectivity index (χ0v) is 7.45. The Hall–Kier alpha value is -0.120. The van der Waals surface area contributed by atoms with Gasteiger partial charge in [0.25, 0.3) is 0 Å². The van der Waals surface area contributed by atoms with Crippen LogP contribution in [0.15, 0.2) is 0 Å². The van der Waals surface area contributed by atoms with Crippen LogP contribution in [-0.2, 0) is 0 Å². The maximum atomic E-state index is 9.22. The standard InChI is InChI=1S/C8H19NO2/c1-3-5-6-7-8(10)9(11)4-2/h8,10-11H,3-7H2,1-2H3. The first kappa shape index (κ1) is 10.9.